The summed E-state index contributed by atoms with van der Waals surface area (Å²) in [5.74, 6) is 1.23. The van der Waals surface area contributed by atoms with Crippen LogP contribution in [0.25, 0.3) is 22.8 Å². The lowest BCUT2D eigenvalue weighted by Crippen LogP contribution is -2.54. The molecule has 2 aromatic carbocycles. The fraction of sp³-hybridized carbons (Fsp3) is 0.375. The number of amides is 2. The van der Waals surface area contributed by atoms with Gasteiger partial charge in [0.25, 0.3) is 0 Å². The number of nitrogens with zero attached hydrogens (tertiary/aromatic N) is 9. The molecular formula is C48H55Cl5N10O8S2. The van der Waals surface area contributed by atoms with Crippen molar-refractivity contribution in [2.24, 2.45) is 0 Å². The van der Waals surface area contributed by atoms with E-state index >= 15 is 0 Å². The van der Waals surface area contributed by atoms with Crippen molar-refractivity contribution in [3.63, 3.8) is 0 Å². The third-order valence-corrected chi connectivity index (χ3v) is 15.7. The highest BCUT2D eigenvalue weighted by molar-refractivity contribution is 7.90. The van der Waals surface area contributed by atoms with Gasteiger partial charge in [-0.2, -0.15) is 10.2 Å². The van der Waals surface area contributed by atoms with Crippen molar-refractivity contribution < 1.29 is 35.9 Å². The summed E-state index contributed by atoms with van der Waals surface area (Å²) in [5, 5.41) is 13.1. The normalized spacial score (nSPS) is 16.0. The molecular weight excluding hydrogens is 1090 g/mol. The van der Waals surface area contributed by atoms with Crippen LogP contribution < -0.4 is 19.3 Å². The summed E-state index contributed by atoms with van der Waals surface area (Å²) in [5.41, 5.74) is 4.91. The molecule has 73 heavy (non-hydrogen) atoms. The van der Waals surface area contributed by atoms with E-state index in [1.54, 1.807) is 58.4 Å². The van der Waals surface area contributed by atoms with E-state index in [9.17, 15) is 26.4 Å². The summed E-state index contributed by atoms with van der Waals surface area (Å²) in [6, 6.07) is 20.8. The zero-order valence-electron chi connectivity index (χ0n) is 41.2. The van der Waals surface area contributed by atoms with Crippen LogP contribution in [0.15, 0.2) is 82.8 Å². The van der Waals surface area contributed by atoms with Gasteiger partial charge in [0, 0.05) is 87.4 Å². The summed E-state index contributed by atoms with van der Waals surface area (Å²) in [6.07, 6.45) is 2.20. The molecule has 8 rings (SSSR count). The van der Waals surface area contributed by atoms with Crippen LogP contribution in [0.2, 0.25) is 20.1 Å². The van der Waals surface area contributed by atoms with Gasteiger partial charge < -0.3 is 29.1 Å². The molecule has 0 unspecified atom stereocenters. The summed E-state index contributed by atoms with van der Waals surface area (Å²) >= 11 is 30.4. The predicted molar refractivity (Wildman–Crippen MR) is 286 cm³/mol. The lowest BCUT2D eigenvalue weighted by Gasteiger charge is -2.41. The fourth-order valence-corrected chi connectivity index (χ4v) is 10.2. The molecule has 392 valence electrons. The summed E-state index contributed by atoms with van der Waals surface area (Å²) in [6.45, 7) is 11.7. The van der Waals surface area contributed by atoms with Crippen LogP contribution in [-0.4, -0.2) is 152 Å². The topological polar surface area (TPSA) is 206 Å². The number of anilines is 2. The van der Waals surface area contributed by atoms with Crippen molar-refractivity contribution in [1.29, 1.82) is 0 Å². The summed E-state index contributed by atoms with van der Waals surface area (Å²) in [7, 11) is -3.64. The average Bonchev–Trinajstić information content (AvgIpc) is 3.85. The highest BCUT2D eigenvalue weighted by Gasteiger charge is 2.30. The minimum absolute atomic E-state index is 0.00622. The van der Waals surface area contributed by atoms with Crippen LogP contribution in [0.3, 0.4) is 0 Å². The minimum atomic E-state index is -3.49. The Kier molecular flexibility index (Phi) is 19.0. The van der Waals surface area contributed by atoms with Crippen molar-refractivity contribution in [3.05, 3.63) is 104 Å². The Hall–Kier alpha value is -5.35. The quantitative estimate of drug-likeness (QED) is 0.122. The molecule has 2 aliphatic heterocycles. The van der Waals surface area contributed by atoms with Gasteiger partial charge >= 0.3 is 0 Å². The molecule has 0 bridgehead atoms. The zero-order valence-corrected chi connectivity index (χ0v) is 46.6. The van der Waals surface area contributed by atoms with Crippen molar-refractivity contribution in [1.82, 2.24) is 39.7 Å². The van der Waals surface area contributed by atoms with Gasteiger partial charge in [-0.25, -0.2) is 26.8 Å². The highest BCUT2D eigenvalue weighted by atomic mass is 35.5. The first-order valence-corrected chi connectivity index (χ1v) is 28.4. The number of aromatic amines is 1. The molecule has 0 aliphatic carbocycles. The smallest absolute Gasteiger partial charge is 0.244 e. The van der Waals surface area contributed by atoms with Gasteiger partial charge in [-0.05, 0) is 76.2 Å². The number of hydrogen-bond donors (Lipinski definition) is 1. The number of aryl methyl sites for hydroxylation is 1. The van der Waals surface area contributed by atoms with Crippen LogP contribution in [0, 0.1) is 13.8 Å². The molecule has 18 nitrogen and oxygen atoms in total. The molecule has 2 aliphatic rings. The Morgan fingerprint density at radius 3 is 1.55 bits per heavy atom. The van der Waals surface area contributed by atoms with Crippen LogP contribution in [0.5, 0.6) is 11.5 Å². The van der Waals surface area contributed by atoms with Gasteiger partial charge in [-0.15, -0.1) is 11.6 Å². The molecule has 0 saturated carbocycles. The third-order valence-electron chi connectivity index (χ3n) is 12.0. The first-order chi connectivity index (χ1) is 34.4. The number of nitrogens with one attached hydrogen (secondary N) is 1. The maximum Gasteiger partial charge on any atom is 0.244 e. The highest BCUT2D eigenvalue weighted by Crippen LogP contribution is 2.33. The fourth-order valence-electron chi connectivity index (χ4n) is 8.04. The van der Waals surface area contributed by atoms with E-state index in [0.717, 1.165) is 37.0 Å². The van der Waals surface area contributed by atoms with E-state index < -0.39 is 19.7 Å². The molecule has 6 aromatic rings. The molecule has 1 N–H and O–H groups in total. The number of piperazine rings is 2. The number of alkyl halides is 1. The number of hydrogen-bond acceptors (Lipinski definition) is 14. The molecule has 2 fully saturated rings. The van der Waals surface area contributed by atoms with Gasteiger partial charge in [0.15, 0.2) is 29.7 Å². The molecule has 2 saturated heterocycles. The van der Waals surface area contributed by atoms with E-state index in [0.29, 0.717) is 91.9 Å². The molecule has 2 amide bonds. The van der Waals surface area contributed by atoms with Gasteiger partial charge in [0.05, 0.1) is 57.1 Å². The summed E-state index contributed by atoms with van der Waals surface area (Å²) < 4.78 is 58.7. The minimum Gasteiger partial charge on any atom is -0.495 e. The van der Waals surface area contributed by atoms with Crippen molar-refractivity contribution in [2.45, 2.75) is 56.4 Å². The third kappa shape index (κ3) is 13.9. The number of benzene rings is 2. The Balaban J connectivity index is 0.000000197. The lowest BCUT2D eigenvalue weighted by atomic mass is 10.1. The van der Waals surface area contributed by atoms with Crippen molar-refractivity contribution in [3.8, 4) is 34.3 Å². The SMILES string of the molecule is COc1cc(N2CCN(C(=O)CCl)[C@@H](C)C2)ccc1Cl.COc1cc(N2CCN(C(=O)Cn3nc(-c4cccc(S(C)(=O)=O)n4)c(Cl)c3C)[C@@H](C)C2)ccc1Cl.Cc1[nH]nc(-c2cccc(S(C)(=O)=O)n2)c1Cl. The molecule has 25 heteroatoms. The van der Waals surface area contributed by atoms with Crippen LogP contribution >= 0.6 is 58.0 Å². The number of sulfone groups is 2. The van der Waals surface area contributed by atoms with Crippen molar-refractivity contribution >= 4 is 101 Å². The first kappa shape index (κ1) is 56.9. The second-order valence-electron chi connectivity index (χ2n) is 17.2. The standard InChI is InChI=1S/C24H27Cl2N5O4S.C14H18Cl2N2O2.C10H10ClN3O2S/c1-15-13-29(17-8-9-18(25)20(12-17)35-3)10-11-30(15)22(32)14-31-16(2)23(26)24(28-31)19-6-5-7-21(27-19)36(4,33)34;1-10-9-17(5-6-18(10)14(19)8-15)11-3-4-12(16)13(7-11)20-2;1-6-9(11)10(14-13-6)7-4-3-5-8(12-7)17(2,15)16/h5-9,12,15H,10-11,13-14H2,1-4H3;3-4,7,10H,5-6,8-9H2,1-2H3;3-5H,1-2H3,(H,13,14)/t15-;10-;/m00./s1. The van der Waals surface area contributed by atoms with Crippen LogP contribution in [-0.2, 0) is 35.8 Å². The van der Waals surface area contributed by atoms with E-state index in [1.807, 2.05) is 54.0 Å². The second-order valence-corrected chi connectivity index (χ2v) is 23.0. The van der Waals surface area contributed by atoms with Crippen LogP contribution in [0.1, 0.15) is 25.2 Å². The maximum absolute atomic E-state index is 13.2. The van der Waals surface area contributed by atoms with Crippen molar-refractivity contribution in [2.75, 3.05) is 81.7 Å². The summed E-state index contributed by atoms with van der Waals surface area (Å²) in [4.78, 5) is 41.3. The number of carbonyl (C=O) groups is 2. The van der Waals surface area contributed by atoms with E-state index in [1.165, 1.54) is 16.8 Å². The molecule has 0 spiro atoms. The largest absolute Gasteiger partial charge is 0.495 e. The molecule has 6 heterocycles. The molecule has 2 atom stereocenters. The lowest BCUT2D eigenvalue weighted by molar-refractivity contribution is -0.134. The van der Waals surface area contributed by atoms with Gasteiger partial charge in [-0.3, -0.25) is 19.4 Å². The number of H-pyrrole nitrogens is 1. The number of ether oxygens (including phenoxy) is 2. The Morgan fingerprint density at radius 2 is 1.14 bits per heavy atom. The molecule has 0 radical (unpaired) electrons. The van der Waals surface area contributed by atoms with E-state index in [-0.39, 0.29) is 46.4 Å². The van der Waals surface area contributed by atoms with E-state index in [4.69, 9.17) is 67.5 Å². The van der Waals surface area contributed by atoms with E-state index in [2.05, 4.69) is 35.1 Å². The maximum atomic E-state index is 13.2. The second kappa shape index (κ2) is 24.3. The zero-order chi connectivity index (χ0) is 53.5. The number of halogens is 5. The van der Waals surface area contributed by atoms with Gasteiger partial charge in [0.2, 0.25) is 11.8 Å². The number of carbonyl (C=O) groups excluding carboxylic acids is 2. The van der Waals surface area contributed by atoms with Crippen LogP contribution in [0.4, 0.5) is 11.4 Å². The predicted octanol–water partition coefficient (Wildman–Crippen LogP) is 8.17. The monoisotopic (exact) mass is 1140 g/mol. The Bertz CT molecular complexity index is 3200. The van der Waals surface area contributed by atoms with Gasteiger partial charge in [-0.1, -0.05) is 58.5 Å². The number of methoxy groups -OCH3 is 2. The number of aromatic nitrogens is 6. The Morgan fingerprint density at radius 1 is 0.671 bits per heavy atom. The molecule has 4 aromatic heterocycles. The number of rotatable bonds is 11. The number of pyridine rings is 2. The first-order valence-electron chi connectivity index (χ1n) is 22.6. The average molecular weight is 1140 g/mol. The van der Waals surface area contributed by atoms with Gasteiger partial charge in [0.1, 0.15) is 35.3 Å². The Labute approximate surface area is 450 Å².